The van der Waals surface area contributed by atoms with Crippen molar-refractivity contribution in [2.24, 2.45) is 5.73 Å². The first-order valence-corrected chi connectivity index (χ1v) is 10.9. The number of hydrogen-bond donors (Lipinski definition) is 1. The van der Waals surface area contributed by atoms with Gasteiger partial charge in [0.15, 0.2) is 0 Å². The predicted molar refractivity (Wildman–Crippen MR) is 122 cm³/mol. The van der Waals surface area contributed by atoms with Gasteiger partial charge in [-0.05, 0) is 55.2 Å². The number of carbonyl (C=O) groups excluding carboxylic acids is 1. The fourth-order valence-corrected chi connectivity index (χ4v) is 4.28. The molecule has 0 unspecified atom stereocenters. The summed E-state index contributed by atoms with van der Waals surface area (Å²) in [6.07, 6.45) is -0.838. The van der Waals surface area contributed by atoms with Crippen LogP contribution in [0.1, 0.15) is 59.1 Å². The van der Waals surface area contributed by atoms with Crippen LogP contribution < -0.4 is 5.73 Å². The summed E-state index contributed by atoms with van der Waals surface area (Å²) in [6.45, 7) is 4.40. The van der Waals surface area contributed by atoms with Crippen molar-refractivity contribution in [2.75, 3.05) is 0 Å². The minimum Gasteiger partial charge on any atom is -0.366 e. The van der Waals surface area contributed by atoms with Gasteiger partial charge in [-0.2, -0.15) is 13.2 Å². The molecular weight excluding hydrogens is 437 g/mol. The van der Waals surface area contributed by atoms with Gasteiger partial charge in [0, 0.05) is 28.5 Å². The van der Waals surface area contributed by atoms with Crippen molar-refractivity contribution < 1.29 is 18.0 Å². The Hall–Kier alpha value is -2.73. The normalized spacial score (nSPS) is 11.7. The van der Waals surface area contributed by atoms with E-state index in [9.17, 15) is 18.0 Å². The summed E-state index contributed by atoms with van der Waals surface area (Å²) in [5.41, 5.74) is 9.07. The first kappa shape index (κ1) is 23.9. The standard InChI is InChI=1S/C25H26ClF3N2O/c1-3-4-5-9-21-23(18-10-12-19(13-11-18)25(27,28)29)22(24(30)32)16(2)31(21)15-17-7-6-8-20(26)14-17/h6-8,10-14H,3-5,9,15H2,1-2H3,(H2,30,32). The summed E-state index contributed by atoms with van der Waals surface area (Å²) < 4.78 is 41.2. The van der Waals surface area contributed by atoms with Crippen molar-refractivity contribution in [1.82, 2.24) is 4.57 Å². The molecular formula is C25H26ClF3N2O. The first-order valence-electron chi connectivity index (χ1n) is 10.6. The Bertz CT molecular complexity index is 1100. The van der Waals surface area contributed by atoms with Gasteiger partial charge in [-0.25, -0.2) is 0 Å². The number of unbranched alkanes of at least 4 members (excludes halogenated alkanes) is 2. The molecule has 7 heteroatoms. The molecule has 1 amide bonds. The molecule has 0 aliphatic carbocycles. The van der Waals surface area contributed by atoms with Gasteiger partial charge in [0.05, 0.1) is 11.1 Å². The van der Waals surface area contributed by atoms with Crippen LogP contribution in [0.3, 0.4) is 0 Å². The molecule has 3 nitrogen and oxygen atoms in total. The molecule has 2 aromatic carbocycles. The average molecular weight is 463 g/mol. The number of rotatable bonds is 8. The number of hydrogen-bond acceptors (Lipinski definition) is 1. The zero-order valence-electron chi connectivity index (χ0n) is 18.1. The maximum Gasteiger partial charge on any atom is 0.416 e. The van der Waals surface area contributed by atoms with Gasteiger partial charge in [0.1, 0.15) is 0 Å². The van der Waals surface area contributed by atoms with E-state index in [1.807, 2.05) is 29.7 Å². The van der Waals surface area contributed by atoms with Gasteiger partial charge in [0.2, 0.25) is 0 Å². The minimum absolute atomic E-state index is 0.346. The molecule has 0 spiro atoms. The van der Waals surface area contributed by atoms with Crippen molar-refractivity contribution in [3.8, 4) is 11.1 Å². The quantitative estimate of drug-likeness (QED) is 0.359. The number of benzene rings is 2. The second kappa shape index (κ2) is 9.82. The fraction of sp³-hybridized carbons (Fsp3) is 0.320. The van der Waals surface area contributed by atoms with Gasteiger partial charge >= 0.3 is 6.18 Å². The number of carbonyl (C=O) groups is 1. The van der Waals surface area contributed by atoms with Crippen molar-refractivity contribution in [2.45, 2.75) is 52.3 Å². The second-order valence-electron chi connectivity index (χ2n) is 7.89. The first-order chi connectivity index (χ1) is 15.1. The lowest BCUT2D eigenvalue weighted by molar-refractivity contribution is -0.137. The van der Waals surface area contributed by atoms with E-state index in [2.05, 4.69) is 6.92 Å². The van der Waals surface area contributed by atoms with Crippen LogP contribution in [-0.4, -0.2) is 10.5 Å². The average Bonchev–Trinajstić information content (AvgIpc) is 3.00. The molecule has 0 fully saturated rings. The fourth-order valence-electron chi connectivity index (χ4n) is 4.07. The van der Waals surface area contributed by atoms with Crippen molar-refractivity contribution in [3.63, 3.8) is 0 Å². The summed E-state index contributed by atoms with van der Waals surface area (Å²) in [4.78, 5) is 12.5. The molecule has 1 heterocycles. The van der Waals surface area contributed by atoms with Crippen molar-refractivity contribution in [1.29, 1.82) is 0 Å². The molecule has 0 saturated heterocycles. The summed E-state index contributed by atoms with van der Waals surface area (Å²) in [6, 6.07) is 12.4. The zero-order chi connectivity index (χ0) is 23.5. The third kappa shape index (κ3) is 5.18. The summed E-state index contributed by atoms with van der Waals surface area (Å²) in [5, 5.41) is 0.609. The number of amides is 1. The third-order valence-corrected chi connectivity index (χ3v) is 5.86. The molecule has 0 saturated carbocycles. The Morgan fingerprint density at radius 1 is 1.09 bits per heavy atom. The lowest BCUT2D eigenvalue weighted by atomic mass is 9.96. The maximum absolute atomic E-state index is 13.1. The molecule has 3 rings (SSSR count). The topological polar surface area (TPSA) is 48.0 Å². The molecule has 0 bridgehead atoms. The van der Waals surface area contributed by atoms with Gasteiger partial charge in [-0.1, -0.05) is 55.6 Å². The lowest BCUT2D eigenvalue weighted by Crippen LogP contribution is -2.13. The Labute approximate surface area is 191 Å². The predicted octanol–water partition coefficient (Wildman–Crippen LogP) is 7.02. The molecule has 170 valence electrons. The van der Waals surface area contributed by atoms with Crippen LogP contribution in [0.5, 0.6) is 0 Å². The summed E-state index contributed by atoms with van der Waals surface area (Å²) in [7, 11) is 0. The van der Waals surface area contributed by atoms with Crippen LogP contribution in [0, 0.1) is 6.92 Å². The number of nitrogens with two attached hydrogens (primary N) is 1. The molecule has 0 aliphatic rings. The largest absolute Gasteiger partial charge is 0.416 e. The van der Waals surface area contributed by atoms with Gasteiger partial charge < -0.3 is 10.3 Å². The number of aromatic nitrogens is 1. The molecule has 2 N–H and O–H groups in total. The van der Waals surface area contributed by atoms with E-state index in [1.165, 1.54) is 12.1 Å². The molecule has 32 heavy (non-hydrogen) atoms. The molecule has 1 aromatic heterocycles. The molecule has 3 aromatic rings. The Morgan fingerprint density at radius 3 is 2.34 bits per heavy atom. The van der Waals surface area contributed by atoms with Crippen LogP contribution in [0.4, 0.5) is 13.2 Å². The van der Waals surface area contributed by atoms with Crippen LogP contribution in [0.2, 0.25) is 5.02 Å². The van der Waals surface area contributed by atoms with Crippen molar-refractivity contribution >= 4 is 17.5 Å². The highest BCUT2D eigenvalue weighted by molar-refractivity contribution is 6.30. The van der Waals surface area contributed by atoms with E-state index in [1.54, 1.807) is 6.07 Å². The second-order valence-corrected chi connectivity index (χ2v) is 8.33. The van der Waals surface area contributed by atoms with Crippen LogP contribution in [0.15, 0.2) is 48.5 Å². The van der Waals surface area contributed by atoms with Crippen LogP contribution >= 0.6 is 11.6 Å². The number of primary amides is 1. The molecule has 0 atom stereocenters. The zero-order valence-corrected chi connectivity index (χ0v) is 18.9. The Balaban J connectivity index is 2.18. The van der Waals surface area contributed by atoms with E-state index in [0.29, 0.717) is 40.4 Å². The van der Waals surface area contributed by atoms with Crippen molar-refractivity contribution in [3.05, 3.63) is 81.6 Å². The maximum atomic E-state index is 13.1. The third-order valence-electron chi connectivity index (χ3n) is 5.63. The smallest absolute Gasteiger partial charge is 0.366 e. The number of halogens is 4. The summed E-state index contributed by atoms with van der Waals surface area (Å²) in [5.74, 6) is -0.598. The Kier molecular flexibility index (Phi) is 7.34. The highest BCUT2D eigenvalue weighted by Gasteiger charge is 2.31. The van der Waals surface area contributed by atoms with E-state index in [4.69, 9.17) is 17.3 Å². The van der Waals surface area contributed by atoms with Gasteiger partial charge in [-0.3, -0.25) is 4.79 Å². The highest BCUT2D eigenvalue weighted by Crippen LogP contribution is 2.37. The highest BCUT2D eigenvalue weighted by atomic mass is 35.5. The van der Waals surface area contributed by atoms with Crippen LogP contribution in [-0.2, 0) is 19.1 Å². The van der Waals surface area contributed by atoms with E-state index < -0.39 is 17.6 Å². The minimum atomic E-state index is -4.43. The SMILES string of the molecule is CCCCCc1c(-c2ccc(C(F)(F)F)cc2)c(C(N)=O)c(C)n1Cc1cccc(Cl)c1. The summed E-state index contributed by atoms with van der Waals surface area (Å²) >= 11 is 6.15. The van der Waals surface area contributed by atoms with E-state index >= 15 is 0 Å². The molecule has 0 radical (unpaired) electrons. The van der Waals surface area contributed by atoms with Gasteiger partial charge in [0.25, 0.3) is 5.91 Å². The van der Waals surface area contributed by atoms with Crippen LogP contribution in [0.25, 0.3) is 11.1 Å². The lowest BCUT2D eigenvalue weighted by Gasteiger charge is -2.14. The van der Waals surface area contributed by atoms with E-state index in [-0.39, 0.29) is 0 Å². The monoisotopic (exact) mass is 462 g/mol. The Morgan fingerprint density at radius 2 is 1.78 bits per heavy atom. The molecule has 0 aliphatic heterocycles. The number of alkyl halides is 3. The van der Waals surface area contributed by atoms with Gasteiger partial charge in [-0.15, -0.1) is 0 Å². The van der Waals surface area contributed by atoms with E-state index in [0.717, 1.165) is 42.7 Å². The number of nitrogens with zero attached hydrogens (tertiary/aromatic N) is 1.